The van der Waals surface area contributed by atoms with Gasteiger partial charge >= 0.3 is 0 Å². The first-order valence-corrected chi connectivity index (χ1v) is 5.67. The molecule has 0 aliphatic heterocycles. The minimum absolute atomic E-state index is 0.763. The summed E-state index contributed by atoms with van der Waals surface area (Å²) in [5.41, 5.74) is 0. The molecule has 14 heavy (non-hydrogen) atoms. The van der Waals surface area contributed by atoms with Gasteiger partial charge in [0.15, 0.2) is 0 Å². The first kappa shape index (κ1) is 9.71. The van der Waals surface area contributed by atoms with Gasteiger partial charge in [0.2, 0.25) is 0 Å². The second-order valence-corrected chi connectivity index (χ2v) is 4.07. The molecule has 3 heteroatoms. The number of aromatic nitrogens is 2. The molecule has 0 radical (unpaired) electrons. The monoisotopic (exact) mass is 193 g/mol. The first-order chi connectivity index (χ1) is 6.95. The fourth-order valence-corrected chi connectivity index (χ4v) is 2.14. The molecule has 1 fully saturated rings. The summed E-state index contributed by atoms with van der Waals surface area (Å²) in [6.07, 6.45) is 11.7. The Hall–Kier alpha value is -0.830. The van der Waals surface area contributed by atoms with E-state index < -0.39 is 0 Å². The molecule has 2 rings (SSSR count). The lowest BCUT2D eigenvalue weighted by molar-refractivity contribution is 0.375. The topological polar surface area (TPSA) is 40.7 Å². The van der Waals surface area contributed by atoms with Crippen molar-refractivity contribution in [3.05, 3.63) is 18.2 Å². The standard InChI is InChI=1S/C11H19N3/c1-2-4-10(5-3-1)12-7-6-11-13-8-9-14-11/h8-10,12H,1-7H2,(H,13,14). The van der Waals surface area contributed by atoms with Crippen molar-refractivity contribution in [2.75, 3.05) is 6.54 Å². The van der Waals surface area contributed by atoms with Gasteiger partial charge in [-0.1, -0.05) is 19.3 Å². The van der Waals surface area contributed by atoms with Crippen molar-refractivity contribution in [1.82, 2.24) is 15.3 Å². The quantitative estimate of drug-likeness (QED) is 0.766. The van der Waals surface area contributed by atoms with Crippen molar-refractivity contribution in [3.63, 3.8) is 0 Å². The highest BCUT2D eigenvalue weighted by Gasteiger charge is 2.11. The summed E-state index contributed by atoms with van der Waals surface area (Å²) < 4.78 is 0. The van der Waals surface area contributed by atoms with E-state index in [1.54, 1.807) is 0 Å². The fourth-order valence-electron chi connectivity index (χ4n) is 2.14. The normalized spacial score (nSPS) is 18.6. The molecule has 1 aromatic rings. The predicted molar refractivity (Wildman–Crippen MR) is 57.2 cm³/mol. The predicted octanol–water partition coefficient (Wildman–Crippen LogP) is 1.87. The van der Waals surface area contributed by atoms with Crippen molar-refractivity contribution in [2.45, 2.75) is 44.6 Å². The second kappa shape index (κ2) is 5.15. The van der Waals surface area contributed by atoms with Crippen LogP contribution in [-0.4, -0.2) is 22.6 Å². The average molecular weight is 193 g/mol. The van der Waals surface area contributed by atoms with Gasteiger partial charge in [-0.2, -0.15) is 0 Å². The summed E-state index contributed by atoms with van der Waals surface area (Å²) in [7, 11) is 0. The third-order valence-corrected chi connectivity index (χ3v) is 2.95. The van der Waals surface area contributed by atoms with Crippen LogP contribution in [0.3, 0.4) is 0 Å². The Kier molecular flexibility index (Phi) is 3.57. The van der Waals surface area contributed by atoms with Gasteiger partial charge in [0.05, 0.1) is 0 Å². The molecular weight excluding hydrogens is 174 g/mol. The van der Waals surface area contributed by atoms with Crippen molar-refractivity contribution in [1.29, 1.82) is 0 Å². The Balaban J connectivity index is 1.62. The molecule has 0 bridgehead atoms. The molecule has 3 nitrogen and oxygen atoms in total. The molecule has 0 saturated heterocycles. The Morgan fingerprint density at radius 3 is 2.93 bits per heavy atom. The van der Waals surface area contributed by atoms with Gasteiger partial charge in [0.25, 0.3) is 0 Å². The van der Waals surface area contributed by atoms with E-state index in [2.05, 4.69) is 15.3 Å². The third-order valence-electron chi connectivity index (χ3n) is 2.95. The molecule has 0 aromatic carbocycles. The van der Waals surface area contributed by atoms with Crippen LogP contribution < -0.4 is 5.32 Å². The first-order valence-electron chi connectivity index (χ1n) is 5.67. The fraction of sp³-hybridized carbons (Fsp3) is 0.727. The van der Waals surface area contributed by atoms with Gasteiger partial charge in [-0.15, -0.1) is 0 Å². The van der Waals surface area contributed by atoms with E-state index >= 15 is 0 Å². The second-order valence-electron chi connectivity index (χ2n) is 4.07. The van der Waals surface area contributed by atoms with Crippen molar-refractivity contribution in [3.8, 4) is 0 Å². The Bertz CT molecular complexity index is 237. The third kappa shape index (κ3) is 2.84. The van der Waals surface area contributed by atoms with E-state index in [1.807, 2.05) is 12.4 Å². The lowest BCUT2D eigenvalue weighted by Crippen LogP contribution is -2.32. The van der Waals surface area contributed by atoms with E-state index in [-0.39, 0.29) is 0 Å². The number of H-pyrrole nitrogens is 1. The zero-order valence-electron chi connectivity index (χ0n) is 8.63. The van der Waals surface area contributed by atoms with Crippen molar-refractivity contribution >= 4 is 0 Å². The number of hydrogen-bond acceptors (Lipinski definition) is 2. The molecule has 2 N–H and O–H groups in total. The molecule has 0 unspecified atom stereocenters. The molecule has 1 aliphatic rings. The number of nitrogens with one attached hydrogen (secondary N) is 2. The molecule has 0 atom stereocenters. The molecule has 78 valence electrons. The van der Waals surface area contributed by atoms with Crippen LogP contribution in [-0.2, 0) is 6.42 Å². The molecule has 0 amide bonds. The van der Waals surface area contributed by atoms with Crippen molar-refractivity contribution in [2.24, 2.45) is 0 Å². The maximum atomic E-state index is 4.20. The van der Waals surface area contributed by atoms with Crippen LogP contribution in [0.4, 0.5) is 0 Å². The maximum Gasteiger partial charge on any atom is 0.107 e. The smallest absolute Gasteiger partial charge is 0.107 e. The van der Waals surface area contributed by atoms with E-state index in [4.69, 9.17) is 0 Å². The Morgan fingerprint density at radius 1 is 1.36 bits per heavy atom. The highest BCUT2D eigenvalue weighted by molar-refractivity contribution is 4.87. The summed E-state index contributed by atoms with van der Waals surface area (Å²) >= 11 is 0. The summed E-state index contributed by atoms with van der Waals surface area (Å²) in [5, 5.41) is 3.60. The van der Waals surface area contributed by atoms with Crippen LogP contribution in [0.1, 0.15) is 37.9 Å². The lowest BCUT2D eigenvalue weighted by atomic mass is 9.95. The van der Waals surface area contributed by atoms with Gasteiger partial charge in [0, 0.05) is 31.4 Å². The SMILES string of the molecule is c1c[nH]c(CCNC2CCCCC2)n1. The molecule has 1 saturated carbocycles. The average Bonchev–Trinajstić information content (AvgIpc) is 2.72. The molecule has 1 heterocycles. The van der Waals surface area contributed by atoms with Gasteiger partial charge in [-0.3, -0.25) is 0 Å². The highest BCUT2D eigenvalue weighted by atomic mass is 14.9. The van der Waals surface area contributed by atoms with Crippen LogP contribution in [0.15, 0.2) is 12.4 Å². The molecule has 0 spiro atoms. The van der Waals surface area contributed by atoms with E-state index in [0.717, 1.165) is 24.8 Å². The number of rotatable bonds is 4. The number of imidazole rings is 1. The number of hydrogen-bond donors (Lipinski definition) is 2. The zero-order valence-corrected chi connectivity index (χ0v) is 8.63. The van der Waals surface area contributed by atoms with E-state index in [9.17, 15) is 0 Å². The van der Waals surface area contributed by atoms with E-state index in [0.29, 0.717) is 0 Å². The summed E-state index contributed by atoms with van der Waals surface area (Å²) in [5.74, 6) is 1.09. The van der Waals surface area contributed by atoms with Crippen LogP contribution in [0.2, 0.25) is 0 Å². The van der Waals surface area contributed by atoms with Gasteiger partial charge in [0.1, 0.15) is 5.82 Å². The number of aromatic amines is 1. The summed E-state index contributed by atoms with van der Waals surface area (Å²) in [4.78, 5) is 7.33. The van der Waals surface area contributed by atoms with Crippen LogP contribution in [0.5, 0.6) is 0 Å². The zero-order chi connectivity index (χ0) is 9.64. The largest absolute Gasteiger partial charge is 0.349 e. The molecular formula is C11H19N3. The molecule has 1 aliphatic carbocycles. The van der Waals surface area contributed by atoms with Gasteiger partial charge < -0.3 is 10.3 Å². The Morgan fingerprint density at radius 2 is 2.21 bits per heavy atom. The molecule has 1 aromatic heterocycles. The minimum atomic E-state index is 0.763. The maximum absolute atomic E-state index is 4.20. The van der Waals surface area contributed by atoms with Gasteiger partial charge in [-0.05, 0) is 12.8 Å². The number of nitrogens with zero attached hydrogens (tertiary/aromatic N) is 1. The van der Waals surface area contributed by atoms with Crippen LogP contribution in [0, 0.1) is 0 Å². The van der Waals surface area contributed by atoms with Crippen molar-refractivity contribution < 1.29 is 0 Å². The van der Waals surface area contributed by atoms with Crippen LogP contribution in [0.25, 0.3) is 0 Å². The van der Waals surface area contributed by atoms with E-state index in [1.165, 1.54) is 32.1 Å². The minimum Gasteiger partial charge on any atom is -0.349 e. The van der Waals surface area contributed by atoms with Gasteiger partial charge in [-0.25, -0.2) is 4.98 Å². The van der Waals surface area contributed by atoms with Crippen LogP contribution >= 0.6 is 0 Å². The lowest BCUT2D eigenvalue weighted by Gasteiger charge is -2.22. The highest BCUT2D eigenvalue weighted by Crippen LogP contribution is 2.17. The summed E-state index contributed by atoms with van der Waals surface area (Å²) in [6.45, 7) is 1.05. The Labute approximate surface area is 85.3 Å². The summed E-state index contributed by atoms with van der Waals surface area (Å²) in [6, 6.07) is 0.763.